The van der Waals surface area contributed by atoms with Crippen LogP contribution in [0.3, 0.4) is 0 Å². The summed E-state index contributed by atoms with van der Waals surface area (Å²) >= 11 is 0. The predicted molar refractivity (Wildman–Crippen MR) is 97.3 cm³/mol. The van der Waals surface area contributed by atoms with Crippen molar-refractivity contribution in [3.8, 4) is 0 Å². The van der Waals surface area contributed by atoms with Crippen LogP contribution in [0.25, 0.3) is 0 Å². The number of carboxylic acids is 1. The molecule has 2 saturated heterocycles. The van der Waals surface area contributed by atoms with Crippen LogP contribution in [0.5, 0.6) is 0 Å². The standard InChI is InChI=1S/C18H28N4O4/c1-2-7-18(16(25)26)12-22(11-6-14(18)24)17-19-8-3-15(20-17)21-9-4-13(23)5-10-21/h3,8,13-14,23-24H,2,4-7,9-12H2,1H3,(H,25,26)/t14-,18+/m0/s1. The molecule has 26 heavy (non-hydrogen) atoms. The number of aliphatic hydroxyl groups is 2. The van der Waals surface area contributed by atoms with Gasteiger partial charge in [0.05, 0.1) is 12.2 Å². The highest BCUT2D eigenvalue weighted by Crippen LogP contribution is 2.36. The first kappa shape index (κ1) is 18.8. The van der Waals surface area contributed by atoms with Gasteiger partial charge in [-0.2, -0.15) is 4.98 Å². The number of aromatic nitrogens is 2. The second-order valence-corrected chi connectivity index (χ2v) is 7.37. The van der Waals surface area contributed by atoms with Gasteiger partial charge in [-0.15, -0.1) is 0 Å². The molecule has 0 unspecified atom stereocenters. The molecule has 144 valence electrons. The minimum absolute atomic E-state index is 0.208. The van der Waals surface area contributed by atoms with Crippen LogP contribution in [0.15, 0.2) is 12.3 Å². The second kappa shape index (κ2) is 7.75. The third-order valence-corrected chi connectivity index (χ3v) is 5.60. The Morgan fingerprint density at radius 1 is 1.23 bits per heavy atom. The number of aliphatic hydroxyl groups excluding tert-OH is 2. The van der Waals surface area contributed by atoms with Gasteiger partial charge in [0.2, 0.25) is 5.95 Å². The first-order valence-corrected chi connectivity index (χ1v) is 9.38. The van der Waals surface area contributed by atoms with Crippen molar-refractivity contribution in [2.24, 2.45) is 5.41 Å². The van der Waals surface area contributed by atoms with Crippen LogP contribution in [0.4, 0.5) is 11.8 Å². The Balaban J connectivity index is 1.80. The van der Waals surface area contributed by atoms with Crippen LogP contribution in [-0.2, 0) is 4.79 Å². The molecule has 2 fully saturated rings. The highest BCUT2D eigenvalue weighted by Gasteiger charge is 2.49. The number of rotatable bonds is 5. The number of carbonyl (C=O) groups is 1. The zero-order valence-electron chi connectivity index (χ0n) is 15.2. The van der Waals surface area contributed by atoms with Crippen LogP contribution >= 0.6 is 0 Å². The van der Waals surface area contributed by atoms with Crippen molar-refractivity contribution in [3.63, 3.8) is 0 Å². The molecule has 3 N–H and O–H groups in total. The number of carboxylic acid groups (broad SMARTS) is 1. The Morgan fingerprint density at radius 3 is 2.58 bits per heavy atom. The molecule has 0 aliphatic carbocycles. The molecular weight excluding hydrogens is 336 g/mol. The average molecular weight is 364 g/mol. The van der Waals surface area contributed by atoms with E-state index in [2.05, 4.69) is 14.9 Å². The minimum Gasteiger partial charge on any atom is -0.481 e. The smallest absolute Gasteiger partial charge is 0.314 e. The first-order chi connectivity index (χ1) is 12.5. The van der Waals surface area contributed by atoms with Crippen LogP contribution in [0, 0.1) is 5.41 Å². The third kappa shape index (κ3) is 3.61. The summed E-state index contributed by atoms with van der Waals surface area (Å²) in [5, 5.41) is 29.8. The number of aliphatic carboxylic acids is 1. The van der Waals surface area contributed by atoms with Gasteiger partial charge in [-0.1, -0.05) is 13.3 Å². The quantitative estimate of drug-likeness (QED) is 0.706. The van der Waals surface area contributed by atoms with E-state index in [1.165, 1.54) is 0 Å². The zero-order chi connectivity index (χ0) is 18.7. The molecule has 0 bridgehead atoms. The predicted octanol–water partition coefficient (Wildman–Crippen LogP) is 0.880. The molecule has 8 heteroatoms. The van der Waals surface area contributed by atoms with Gasteiger partial charge in [-0.25, -0.2) is 4.98 Å². The molecule has 2 aliphatic heterocycles. The van der Waals surface area contributed by atoms with Crippen LogP contribution in [-0.4, -0.2) is 69.6 Å². The van der Waals surface area contributed by atoms with E-state index in [0.29, 0.717) is 44.6 Å². The van der Waals surface area contributed by atoms with Gasteiger partial charge in [0.25, 0.3) is 0 Å². The van der Waals surface area contributed by atoms with E-state index in [1.54, 1.807) is 6.20 Å². The van der Waals surface area contributed by atoms with E-state index in [-0.39, 0.29) is 12.6 Å². The van der Waals surface area contributed by atoms with Gasteiger partial charge in [-0.3, -0.25) is 4.79 Å². The van der Waals surface area contributed by atoms with Gasteiger partial charge in [0.15, 0.2) is 0 Å². The largest absolute Gasteiger partial charge is 0.481 e. The summed E-state index contributed by atoms with van der Waals surface area (Å²) in [6.07, 6.45) is 3.51. The van der Waals surface area contributed by atoms with Crippen molar-refractivity contribution in [2.45, 2.75) is 51.2 Å². The molecule has 0 radical (unpaired) electrons. The summed E-state index contributed by atoms with van der Waals surface area (Å²) < 4.78 is 0. The number of piperidine rings is 2. The fraction of sp³-hybridized carbons (Fsp3) is 0.722. The van der Waals surface area contributed by atoms with Crippen molar-refractivity contribution in [2.75, 3.05) is 36.0 Å². The summed E-state index contributed by atoms with van der Waals surface area (Å²) in [5.74, 6) is 0.337. The molecule has 0 spiro atoms. The lowest BCUT2D eigenvalue weighted by Gasteiger charge is -2.43. The van der Waals surface area contributed by atoms with Crippen molar-refractivity contribution < 1.29 is 20.1 Å². The van der Waals surface area contributed by atoms with Crippen molar-refractivity contribution in [3.05, 3.63) is 12.3 Å². The Kier molecular flexibility index (Phi) is 5.62. The van der Waals surface area contributed by atoms with Gasteiger partial charge in [0.1, 0.15) is 11.2 Å². The minimum atomic E-state index is -1.18. The molecule has 3 rings (SSSR count). The van der Waals surface area contributed by atoms with Crippen LogP contribution in [0.1, 0.15) is 39.0 Å². The fourth-order valence-corrected chi connectivity index (χ4v) is 4.02. The fourth-order valence-electron chi connectivity index (χ4n) is 4.02. The molecule has 0 amide bonds. The van der Waals surface area contributed by atoms with Crippen molar-refractivity contribution in [1.82, 2.24) is 9.97 Å². The molecule has 3 heterocycles. The Bertz CT molecular complexity index is 635. The van der Waals surface area contributed by atoms with Gasteiger partial charge < -0.3 is 25.1 Å². The summed E-state index contributed by atoms with van der Waals surface area (Å²) in [5.41, 5.74) is -1.18. The van der Waals surface area contributed by atoms with Crippen LogP contribution in [0.2, 0.25) is 0 Å². The molecule has 1 aromatic heterocycles. The van der Waals surface area contributed by atoms with Crippen LogP contribution < -0.4 is 9.80 Å². The van der Waals surface area contributed by atoms with Gasteiger partial charge in [0, 0.05) is 32.4 Å². The highest BCUT2D eigenvalue weighted by molar-refractivity contribution is 5.77. The molecule has 2 aliphatic rings. The molecule has 0 aromatic carbocycles. The number of hydrogen-bond acceptors (Lipinski definition) is 7. The normalized spacial score (nSPS) is 27.6. The highest BCUT2D eigenvalue weighted by atomic mass is 16.4. The maximum atomic E-state index is 11.9. The SMILES string of the molecule is CCC[C@@]1(C(=O)O)CN(c2nccc(N3CCC(O)CC3)n2)CC[C@@H]1O. The molecule has 0 saturated carbocycles. The molecule has 2 atom stereocenters. The first-order valence-electron chi connectivity index (χ1n) is 9.38. The average Bonchev–Trinajstić information content (AvgIpc) is 2.64. The molecule has 1 aromatic rings. The summed E-state index contributed by atoms with van der Waals surface area (Å²) in [4.78, 5) is 24.9. The van der Waals surface area contributed by atoms with Crippen molar-refractivity contribution in [1.29, 1.82) is 0 Å². The zero-order valence-corrected chi connectivity index (χ0v) is 15.2. The van der Waals surface area contributed by atoms with E-state index in [0.717, 1.165) is 18.9 Å². The van der Waals surface area contributed by atoms with Gasteiger partial charge >= 0.3 is 5.97 Å². The lowest BCUT2D eigenvalue weighted by molar-refractivity contribution is -0.158. The Morgan fingerprint density at radius 2 is 1.92 bits per heavy atom. The summed E-state index contributed by atoms with van der Waals surface area (Å²) in [7, 11) is 0. The summed E-state index contributed by atoms with van der Waals surface area (Å²) in [6, 6.07) is 1.84. The number of anilines is 2. The molecular formula is C18H28N4O4. The third-order valence-electron chi connectivity index (χ3n) is 5.60. The van der Waals surface area contributed by atoms with E-state index >= 15 is 0 Å². The second-order valence-electron chi connectivity index (χ2n) is 7.37. The summed E-state index contributed by atoms with van der Waals surface area (Å²) in [6.45, 7) is 4.15. The number of hydrogen-bond donors (Lipinski definition) is 3. The lowest BCUT2D eigenvalue weighted by Crippen LogP contribution is -2.56. The Hall–Kier alpha value is -1.93. The maximum Gasteiger partial charge on any atom is 0.314 e. The Labute approximate surface area is 153 Å². The maximum absolute atomic E-state index is 11.9. The van der Waals surface area contributed by atoms with E-state index < -0.39 is 17.5 Å². The van der Waals surface area contributed by atoms with E-state index in [1.807, 2.05) is 17.9 Å². The van der Waals surface area contributed by atoms with E-state index in [9.17, 15) is 20.1 Å². The molecule has 8 nitrogen and oxygen atoms in total. The topological polar surface area (TPSA) is 110 Å². The lowest BCUT2D eigenvalue weighted by atomic mass is 9.74. The van der Waals surface area contributed by atoms with E-state index in [4.69, 9.17) is 0 Å². The van der Waals surface area contributed by atoms with Gasteiger partial charge in [-0.05, 0) is 31.7 Å². The monoisotopic (exact) mass is 364 g/mol. The van der Waals surface area contributed by atoms with Crippen molar-refractivity contribution >= 4 is 17.7 Å². The number of nitrogens with zero attached hydrogens (tertiary/aromatic N) is 4.